The molecule has 0 bridgehead atoms. The zero-order valence-corrected chi connectivity index (χ0v) is 15.4. The molecule has 1 aliphatic rings. The van der Waals surface area contributed by atoms with Crippen LogP contribution < -0.4 is 20.1 Å². The molecule has 6 heteroatoms. The highest BCUT2D eigenvalue weighted by Crippen LogP contribution is 2.17. The fourth-order valence-corrected chi connectivity index (χ4v) is 2.81. The Hall–Kier alpha value is -2.73. The van der Waals surface area contributed by atoms with E-state index in [4.69, 9.17) is 14.2 Å². The van der Waals surface area contributed by atoms with Gasteiger partial charge < -0.3 is 24.8 Å². The van der Waals surface area contributed by atoms with Gasteiger partial charge in [0.25, 0.3) is 0 Å². The van der Waals surface area contributed by atoms with Crippen molar-refractivity contribution in [3.8, 4) is 11.5 Å². The second kappa shape index (κ2) is 10.4. The summed E-state index contributed by atoms with van der Waals surface area (Å²) in [5.41, 5.74) is 0.837. The summed E-state index contributed by atoms with van der Waals surface area (Å²) in [6, 6.07) is 17.2. The lowest BCUT2D eigenvalue weighted by atomic mass is 10.2. The number of hydrogen-bond donors (Lipinski definition) is 2. The number of carbonyl (C=O) groups excluding carboxylic acids is 1. The molecule has 1 unspecified atom stereocenters. The number of hydrogen-bond acceptors (Lipinski definition) is 5. The molecule has 2 aromatic rings. The van der Waals surface area contributed by atoms with Crippen molar-refractivity contribution in [1.82, 2.24) is 5.32 Å². The van der Waals surface area contributed by atoms with Gasteiger partial charge in [-0.05, 0) is 37.1 Å². The molecule has 6 nitrogen and oxygen atoms in total. The third-order valence-electron chi connectivity index (χ3n) is 4.20. The van der Waals surface area contributed by atoms with E-state index in [0.717, 1.165) is 36.6 Å². The zero-order chi connectivity index (χ0) is 18.7. The van der Waals surface area contributed by atoms with Crippen molar-refractivity contribution in [2.45, 2.75) is 18.9 Å². The van der Waals surface area contributed by atoms with Crippen LogP contribution in [-0.2, 0) is 9.53 Å². The maximum atomic E-state index is 11.9. The number of ether oxygens (including phenoxy) is 3. The molecule has 144 valence electrons. The van der Waals surface area contributed by atoms with Gasteiger partial charge in [0.15, 0.2) is 0 Å². The van der Waals surface area contributed by atoms with Crippen LogP contribution in [0, 0.1) is 0 Å². The van der Waals surface area contributed by atoms with Crippen LogP contribution in [0.5, 0.6) is 11.5 Å². The van der Waals surface area contributed by atoms with Gasteiger partial charge in [-0.2, -0.15) is 0 Å². The molecule has 0 saturated carbocycles. The lowest BCUT2D eigenvalue weighted by Gasteiger charge is -2.12. The van der Waals surface area contributed by atoms with E-state index in [1.165, 1.54) is 0 Å². The van der Waals surface area contributed by atoms with Gasteiger partial charge in [-0.15, -0.1) is 0 Å². The van der Waals surface area contributed by atoms with Crippen LogP contribution in [0.1, 0.15) is 12.8 Å². The predicted octanol–water partition coefficient (Wildman–Crippen LogP) is 2.85. The maximum Gasteiger partial charge on any atom is 0.239 e. The molecule has 1 heterocycles. The highest BCUT2D eigenvalue weighted by Gasteiger charge is 2.15. The average Bonchev–Trinajstić information content (AvgIpc) is 3.23. The number of rotatable bonds is 10. The normalized spacial score (nSPS) is 15.9. The molecule has 0 radical (unpaired) electrons. The first-order valence-corrected chi connectivity index (χ1v) is 9.32. The maximum absolute atomic E-state index is 11.9. The number of amides is 1. The first kappa shape index (κ1) is 19.0. The minimum absolute atomic E-state index is 0.0481. The van der Waals surface area contributed by atoms with Crippen molar-refractivity contribution in [2.24, 2.45) is 0 Å². The van der Waals surface area contributed by atoms with Gasteiger partial charge in [0.1, 0.15) is 24.7 Å². The Morgan fingerprint density at radius 3 is 2.59 bits per heavy atom. The zero-order valence-electron chi connectivity index (χ0n) is 15.4. The van der Waals surface area contributed by atoms with Crippen molar-refractivity contribution in [3.05, 3.63) is 54.6 Å². The molecule has 1 fully saturated rings. The lowest BCUT2D eigenvalue weighted by Crippen LogP contribution is -2.35. The van der Waals surface area contributed by atoms with Crippen LogP contribution in [-0.4, -0.2) is 44.9 Å². The molecular formula is C21H26N2O4. The molecule has 1 atom stereocenters. The second-order valence-electron chi connectivity index (χ2n) is 6.33. The standard InChI is InChI=1S/C21H26N2O4/c24-21(23-15-20-10-5-11-25-20)16-22-17-6-4-9-19(14-17)27-13-12-26-18-7-2-1-3-8-18/h1-4,6-9,14,20,22H,5,10-13,15-16H2,(H,23,24). The topological polar surface area (TPSA) is 68.8 Å². The third-order valence-corrected chi connectivity index (χ3v) is 4.20. The average molecular weight is 370 g/mol. The van der Waals surface area contributed by atoms with Crippen molar-refractivity contribution < 1.29 is 19.0 Å². The van der Waals surface area contributed by atoms with Gasteiger partial charge in [0.05, 0.1) is 12.6 Å². The van der Waals surface area contributed by atoms with E-state index in [1.54, 1.807) is 0 Å². The van der Waals surface area contributed by atoms with Crippen LogP contribution in [0.2, 0.25) is 0 Å². The largest absolute Gasteiger partial charge is 0.490 e. The number of anilines is 1. The fourth-order valence-electron chi connectivity index (χ4n) is 2.81. The van der Waals surface area contributed by atoms with Gasteiger partial charge in [-0.1, -0.05) is 24.3 Å². The van der Waals surface area contributed by atoms with Gasteiger partial charge in [-0.3, -0.25) is 4.79 Å². The Balaban J connectivity index is 1.34. The van der Waals surface area contributed by atoms with Gasteiger partial charge in [-0.25, -0.2) is 0 Å². The lowest BCUT2D eigenvalue weighted by molar-refractivity contribution is -0.119. The Morgan fingerprint density at radius 1 is 1.04 bits per heavy atom. The Morgan fingerprint density at radius 2 is 1.81 bits per heavy atom. The van der Waals surface area contributed by atoms with E-state index in [2.05, 4.69) is 10.6 Å². The van der Waals surface area contributed by atoms with Crippen LogP contribution in [0.4, 0.5) is 5.69 Å². The smallest absolute Gasteiger partial charge is 0.239 e. The quantitative estimate of drug-likeness (QED) is 0.630. The summed E-state index contributed by atoms with van der Waals surface area (Å²) in [7, 11) is 0. The van der Waals surface area contributed by atoms with E-state index < -0.39 is 0 Å². The van der Waals surface area contributed by atoms with E-state index in [1.807, 2.05) is 54.6 Å². The highest BCUT2D eigenvalue weighted by atomic mass is 16.5. The van der Waals surface area contributed by atoms with Crippen LogP contribution >= 0.6 is 0 Å². The minimum Gasteiger partial charge on any atom is -0.490 e. The minimum atomic E-state index is -0.0481. The molecule has 27 heavy (non-hydrogen) atoms. The van der Waals surface area contributed by atoms with Crippen molar-refractivity contribution in [2.75, 3.05) is 38.2 Å². The summed E-state index contributed by atoms with van der Waals surface area (Å²) in [4.78, 5) is 11.9. The van der Waals surface area contributed by atoms with E-state index >= 15 is 0 Å². The fraction of sp³-hybridized carbons (Fsp3) is 0.381. The predicted molar refractivity (Wildman–Crippen MR) is 104 cm³/mol. The Labute approximate surface area is 159 Å². The van der Waals surface area contributed by atoms with Gasteiger partial charge >= 0.3 is 0 Å². The summed E-state index contributed by atoms with van der Waals surface area (Å²) in [6.07, 6.45) is 2.24. The molecule has 1 amide bonds. The molecule has 1 saturated heterocycles. The Kier molecular flexibility index (Phi) is 7.35. The molecule has 0 spiro atoms. The SMILES string of the molecule is O=C(CNc1cccc(OCCOc2ccccc2)c1)NCC1CCCO1. The molecule has 2 N–H and O–H groups in total. The number of nitrogens with one attached hydrogen (secondary N) is 2. The summed E-state index contributed by atoms with van der Waals surface area (Å²) in [5.74, 6) is 1.51. The first-order valence-electron chi connectivity index (χ1n) is 9.32. The molecule has 1 aliphatic heterocycles. The van der Waals surface area contributed by atoms with Crippen molar-refractivity contribution in [3.63, 3.8) is 0 Å². The first-order chi connectivity index (χ1) is 13.3. The van der Waals surface area contributed by atoms with Crippen LogP contribution in [0.25, 0.3) is 0 Å². The van der Waals surface area contributed by atoms with Crippen LogP contribution in [0.15, 0.2) is 54.6 Å². The molecule has 0 aliphatic carbocycles. The van der Waals surface area contributed by atoms with Gasteiger partial charge in [0, 0.05) is 24.9 Å². The Bertz CT molecular complexity index is 702. The summed E-state index contributed by atoms with van der Waals surface area (Å²) in [6.45, 7) is 2.49. The van der Waals surface area contributed by atoms with Crippen molar-refractivity contribution in [1.29, 1.82) is 0 Å². The molecule has 3 rings (SSSR count). The summed E-state index contributed by atoms with van der Waals surface area (Å²) in [5, 5.41) is 6.01. The molecule has 0 aromatic heterocycles. The highest BCUT2D eigenvalue weighted by molar-refractivity contribution is 5.80. The second-order valence-corrected chi connectivity index (χ2v) is 6.33. The number of benzene rings is 2. The van der Waals surface area contributed by atoms with Crippen LogP contribution in [0.3, 0.4) is 0 Å². The number of carbonyl (C=O) groups is 1. The van der Waals surface area contributed by atoms with Gasteiger partial charge in [0.2, 0.25) is 5.91 Å². The van der Waals surface area contributed by atoms with E-state index in [-0.39, 0.29) is 18.6 Å². The molecular weight excluding hydrogens is 344 g/mol. The van der Waals surface area contributed by atoms with E-state index in [9.17, 15) is 4.79 Å². The monoisotopic (exact) mass is 370 g/mol. The van der Waals surface area contributed by atoms with Crippen molar-refractivity contribution >= 4 is 11.6 Å². The number of para-hydroxylation sites is 1. The summed E-state index contributed by atoms with van der Waals surface area (Å²) >= 11 is 0. The van der Waals surface area contributed by atoms with E-state index in [0.29, 0.717) is 19.8 Å². The summed E-state index contributed by atoms with van der Waals surface area (Å²) < 4.78 is 16.8. The molecule has 2 aromatic carbocycles. The third kappa shape index (κ3) is 6.83.